The molecule has 0 atom stereocenters. The predicted molar refractivity (Wildman–Crippen MR) is 115 cm³/mol. The van der Waals surface area contributed by atoms with Crippen molar-refractivity contribution < 1.29 is 14.5 Å². The van der Waals surface area contributed by atoms with Gasteiger partial charge in [0.2, 0.25) is 0 Å². The van der Waals surface area contributed by atoms with Gasteiger partial charge in [-0.05, 0) is 32.1 Å². The van der Waals surface area contributed by atoms with Crippen LogP contribution >= 0.6 is 11.8 Å². The number of hydrogen-bond acceptors (Lipinski definition) is 9. The minimum Gasteiger partial charge on any atom is -0.466 e. The molecule has 1 saturated heterocycles. The van der Waals surface area contributed by atoms with Crippen molar-refractivity contribution in [2.24, 2.45) is 5.92 Å². The van der Waals surface area contributed by atoms with Gasteiger partial charge in [0.1, 0.15) is 17.3 Å². The molecule has 1 aliphatic heterocycles. The second kappa shape index (κ2) is 9.61. The Morgan fingerprint density at radius 3 is 2.74 bits per heavy atom. The van der Waals surface area contributed by atoms with Crippen LogP contribution in [0.3, 0.4) is 0 Å². The Bertz CT molecular complexity index is 1100. The highest BCUT2D eigenvalue weighted by molar-refractivity contribution is 7.98. The van der Waals surface area contributed by atoms with Gasteiger partial charge in [0.15, 0.2) is 5.16 Å². The summed E-state index contributed by atoms with van der Waals surface area (Å²) in [6.45, 7) is 3.04. The summed E-state index contributed by atoms with van der Waals surface area (Å²) in [4.78, 5) is 44.1. The molecular weight excluding hydrogens is 422 g/mol. The first-order valence-corrected chi connectivity index (χ1v) is 10.9. The summed E-state index contributed by atoms with van der Waals surface area (Å²) < 4.78 is 5.07. The minimum absolute atomic E-state index is 0.103. The van der Waals surface area contributed by atoms with Gasteiger partial charge in [-0.15, -0.1) is 0 Å². The normalized spacial score (nSPS) is 14.2. The third-order valence-corrected chi connectivity index (χ3v) is 5.68. The van der Waals surface area contributed by atoms with Crippen molar-refractivity contribution in [1.82, 2.24) is 9.97 Å². The third-order valence-electron chi connectivity index (χ3n) is 5.10. The Labute approximate surface area is 182 Å². The van der Waals surface area contributed by atoms with Crippen LogP contribution in [0.5, 0.6) is 0 Å². The zero-order valence-corrected chi connectivity index (χ0v) is 17.9. The van der Waals surface area contributed by atoms with Gasteiger partial charge < -0.3 is 14.6 Å². The molecule has 0 spiro atoms. The molecule has 11 heteroatoms. The van der Waals surface area contributed by atoms with Gasteiger partial charge in [-0.2, -0.15) is 5.26 Å². The van der Waals surface area contributed by atoms with Crippen molar-refractivity contribution in [1.29, 1.82) is 5.26 Å². The van der Waals surface area contributed by atoms with Gasteiger partial charge >= 0.3 is 5.97 Å². The molecule has 1 fully saturated rings. The van der Waals surface area contributed by atoms with Crippen LogP contribution in [-0.4, -0.2) is 46.8 Å². The molecule has 2 heterocycles. The van der Waals surface area contributed by atoms with E-state index in [4.69, 9.17) is 4.74 Å². The van der Waals surface area contributed by atoms with Gasteiger partial charge in [-0.25, -0.2) is 4.98 Å². The number of nitrogens with one attached hydrogen (secondary N) is 1. The Kier molecular flexibility index (Phi) is 6.91. The van der Waals surface area contributed by atoms with E-state index in [9.17, 15) is 25.0 Å². The maximum atomic E-state index is 12.2. The number of carbonyl (C=O) groups is 1. The quantitative estimate of drug-likeness (QED) is 0.234. The lowest BCUT2D eigenvalue weighted by atomic mass is 9.96. The number of aromatic nitrogens is 2. The van der Waals surface area contributed by atoms with Crippen LogP contribution in [0.1, 0.15) is 25.3 Å². The van der Waals surface area contributed by atoms with E-state index in [0.717, 1.165) is 0 Å². The highest BCUT2D eigenvalue weighted by Crippen LogP contribution is 2.35. The van der Waals surface area contributed by atoms with E-state index < -0.39 is 10.5 Å². The second-order valence-corrected chi connectivity index (χ2v) is 7.68. The van der Waals surface area contributed by atoms with Crippen molar-refractivity contribution in [2.45, 2.75) is 24.9 Å². The van der Waals surface area contributed by atoms with Gasteiger partial charge in [-0.3, -0.25) is 19.7 Å². The number of rotatable bonds is 6. The molecule has 0 saturated carbocycles. The summed E-state index contributed by atoms with van der Waals surface area (Å²) in [6.07, 6.45) is 2.81. The summed E-state index contributed by atoms with van der Waals surface area (Å²) in [5.74, 6) is -0.445. The van der Waals surface area contributed by atoms with E-state index in [1.54, 1.807) is 25.3 Å². The number of nitro groups is 1. The fraction of sp³-hybridized carbons (Fsp3) is 0.400. The molecule has 1 N–H and O–H groups in total. The fourth-order valence-electron chi connectivity index (χ4n) is 3.56. The zero-order chi connectivity index (χ0) is 22.5. The molecule has 1 aromatic heterocycles. The lowest BCUT2D eigenvalue weighted by Gasteiger charge is -2.32. The van der Waals surface area contributed by atoms with Gasteiger partial charge in [0.25, 0.3) is 11.2 Å². The lowest BCUT2D eigenvalue weighted by molar-refractivity contribution is -0.384. The largest absolute Gasteiger partial charge is 0.466 e. The Balaban J connectivity index is 1.95. The number of esters is 1. The SMILES string of the molecule is CCOC(=O)C1CCN(c2ccc(-c3nc(SC)[nH]c(=O)c3C#N)cc2[N+](=O)[O-])CC1. The molecule has 3 rings (SSSR count). The van der Waals surface area contributed by atoms with Crippen molar-refractivity contribution in [3.8, 4) is 17.3 Å². The van der Waals surface area contributed by atoms with Crippen LogP contribution in [0.2, 0.25) is 0 Å². The summed E-state index contributed by atoms with van der Waals surface area (Å²) >= 11 is 1.20. The molecular formula is C20H21N5O5S. The van der Waals surface area contributed by atoms with Crippen LogP contribution in [-0.2, 0) is 9.53 Å². The minimum atomic E-state index is -0.593. The van der Waals surface area contributed by atoms with Crippen LogP contribution in [0, 0.1) is 27.4 Å². The predicted octanol–water partition coefficient (Wildman–Crippen LogP) is 2.72. The molecule has 0 aliphatic carbocycles. The number of nitrogens with zero attached hydrogens (tertiary/aromatic N) is 4. The molecule has 0 bridgehead atoms. The number of carbonyl (C=O) groups excluding carboxylic acids is 1. The molecule has 0 radical (unpaired) electrons. The average Bonchev–Trinajstić information content (AvgIpc) is 2.78. The van der Waals surface area contributed by atoms with Crippen LogP contribution in [0.15, 0.2) is 28.2 Å². The summed E-state index contributed by atoms with van der Waals surface area (Å²) in [7, 11) is 0. The molecule has 0 unspecified atom stereocenters. The van der Waals surface area contributed by atoms with Crippen LogP contribution in [0.4, 0.5) is 11.4 Å². The molecule has 162 valence electrons. The highest BCUT2D eigenvalue weighted by atomic mass is 32.2. The first-order chi connectivity index (χ1) is 14.9. The first-order valence-electron chi connectivity index (χ1n) is 9.68. The average molecular weight is 443 g/mol. The van der Waals surface area contributed by atoms with E-state index in [1.165, 1.54) is 17.8 Å². The van der Waals surface area contributed by atoms with E-state index in [2.05, 4.69) is 9.97 Å². The smallest absolute Gasteiger partial charge is 0.309 e. The first kappa shape index (κ1) is 22.3. The van der Waals surface area contributed by atoms with Crippen molar-refractivity contribution >= 4 is 29.1 Å². The maximum Gasteiger partial charge on any atom is 0.309 e. The lowest BCUT2D eigenvalue weighted by Crippen LogP contribution is -2.37. The number of hydrogen-bond donors (Lipinski definition) is 1. The van der Waals surface area contributed by atoms with Crippen molar-refractivity contribution in [3.05, 3.63) is 44.2 Å². The standard InChI is InChI=1S/C20H21N5O5S/c1-3-30-19(27)12-6-8-24(9-7-12)15-5-4-13(10-16(15)25(28)29)17-14(11-21)18(26)23-20(22-17)31-2/h4-5,10,12H,3,6-9H2,1-2H3,(H,22,23,26). The second-order valence-electron chi connectivity index (χ2n) is 6.88. The molecule has 1 aliphatic rings. The number of anilines is 1. The van der Waals surface area contributed by atoms with E-state index in [-0.39, 0.29) is 28.8 Å². The highest BCUT2D eigenvalue weighted by Gasteiger charge is 2.29. The molecule has 1 aromatic carbocycles. The summed E-state index contributed by atoms with van der Waals surface area (Å²) in [5.41, 5.74) is -0.103. The van der Waals surface area contributed by atoms with Crippen LogP contribution < -0.4 is 10.5 Å². The van der Waals surface area contributed by atoms with E-state index in [0.29, 0.717) is 48.9 Å². The van der Waals surface area contributed by atoms with Gasteiger partial charge in [0.05, 0.1) is 23.1 Å². The number of nitriles is 1. The number of thioether (sulfide) groups is 1. The molecule has 10 nitrogen and oxygen atoms in total. The monoisotopic (exact) mass is 443 g/mol. The topological polar surface area (TPSA) is 142 Å². The van der Waals surface area contributed by atoms with Crippen molar-refractivity contribution in [2.75, 3.05) is 30.9 Å². The fourth-order valence-corrected chi connectivity index (χ4v) is 3.94. The van der Waals surface area contributed by atoms with Crippen molar-refractivity contribution in [3.63, 3.8) is 0 Å². The number of H-pyrrole nitrogens is 1. The number of piperidine rings is 1. The Morgan fingerprint density at radius 1 is 1.45 bits per heavy atom. The zero-order valence-electron chi connectivity index (χ0n) is 17.1. The summed E-state index contributed by atoms with van der Waals surface area (Å²) in [5, 5.41) is 21.5. The number of benzene rings is 1. The number of aromatic amines is 1. The Hall–Kier alpha value is -3.39. The molecule has 2 aromatic rings. The summed E-state index contributed by atoms with van der Waals surface area (Å²) in [6, 6.07) is 6.38. The maximum absolute atomic E-state index is 12.2. The molecule has 31 heavy (non-hydrogen) atoms. The van der Waals surface area contributed by atoms with Gasteiger partial charge in [-0.1, -0.05) is 17.8 Å². The van der Waals surface area contributed by atoms with Crippen LogP contribution in [0.25, 0.3) is 11.3 Å². The van der Waals surface area contributed by atoms with E-state index >= 15 is 0 Å². The van der Waals surface area contributed by atoms with E-state index in [1.807, 2.05) is 11.0 Å². The van der Waals surface area contributed by atoms with Gasteiger partial charge in [0, 0.05) is 24.7 Å². The number of nitro benzene ring substituents is 1. The third kappa shape index (κ3) is 4.69. The number of ether oxygens (including phenoxy) is 1. The molecule has 0 amide bonds. The Morgan fingerprint density at radius 2 is 2.16 bits per heavy atom.